The molecule has 0 rings (SSSR count). The van der Waals surface area contributed by atoms with Crippen LogP contribution in [-0.4, -0.2) is 44.8 Å². The number of thioether (sulfide) groups is 1. The number of hydrogen-bond donors (Lipinski definition) is 2. The van der Waals surface area contributed by atoms with Crippen molar-refractivity contribution in [3.63, 3.8) is 0 Å². The summed E-state index contributed by atoms with van der Waals surface area (Å²) in [5.74, 6) is 2.25. The van der Waals surface area contributed by atoms with Crippen molar-refractivity contribution in [2.75, 3.05) is 30.3 Å². The van der Waals surface area contributed by atoms with Crippen molar-refractivity contribution >= 4 is 21.8 Å². The minimum absolute atomic E-state index is 0.0330. The lowest BCUT2D eigenvalue weighted by molar-refractivity contribution is 0.554. The van der Waals surface area contributed by atoms with Crippen LogP contribution in [0.25, 0.3) is 0 Å². The van der Waals surface area contributed by atoms with E-state index in [0.717, 1.165) is 24.5 Å². The van der Waals surface area contributed by atoms with Gasteiger partial charge in [-0.25, -0.2) is 13.1 Å². The average molecular weight is 268 g/mol. The van der Waals surface area contributed by atoms with Gasteiger partial charge in [0.25, 0.3) is 0 Å². The van der Waals surface area contributed by atoms with Crippen LogP contribution in [0.2, 0.25) is 0 Å². The van der Waals surface area contributed by atoms with E-state index in [4.69, 9.17) is 0 Å². The maximum atomic E-state index is 11.6. The summed E-state index contributed by atoms with van der Waals surface area (Å²) < 4.78 is 25.9. The van der Waals surface area contributed by atoms with Crippen LogP contribution < -0.4 is 10.0 Å². The number of rotatable bonds is 10. The molecule has 0 saturated carbocycles. The molecule has 0 aliphatic heterocycles. The highest BCUT2D eigenvalue weighted by molar-refractivity contribution is 7.99. The molecule has 1 atom stereocenters. The molecule has 0 heterocycles. The summed E-state index contributed by atoms with van der Waals surface area (Å²) in [6.45, 7) is 7.31. The van der Waals surface area contributed by atoms with Crippen molar-refractivity contribution in [1.82, 2.24) is 10.0 Å². The van der Waals surface area contributed by atoms with Crippen LogP contribution in [0.15, 0.2) is 0 Å². The third kappa shape index (κ3) is 9.45. The Bertz CT molecular complexity index is 256. The third-order valence-corrected chi connectivity index (χ3v) is 4.51. The van der Waals surface area contributed by atoms with E-state index in [1.165, 1.54) is 0 Å². The smallest absolute Gasteiger partial charge is 0.213 e. The quantitative estimate of drug-likeness (QED) is 0.581. The maximum absolute atomic E-state index is 11.6. The Labute approximate surface area is 104 Å². The summed E-state index contributed by atoms with van der Waals surface area (Å²) >= 11 is 1.84. The first-order valence-electron chi connectivity index (χ1n) is 5.80. The predicted molar refractivity (Wildman–Crippen MR) is 72.5 cm³/mol. The molecule has 16 heavy (non-hydrogen) atoms. The van der Waals surface area contributed by atoms with Crippen molar-refractivity contribution in [3.8, 4) is 0 Å². The molecule has 0 bridgehead atoms. The summed E-state index contributed by atoms with van der Waals surface area (Å²) in [6.07, 6.45) is 0.888. The van der Waals surface area contributed by atoms with Gasteiger partial charge in [0, 0.05) is 12.6 Å². The zero-order valence-corrected chi connectivity index (χ0v) is 12.1. The lowest BCUT2D eigenvalue weighted by Gasteiger charge is -2.13. The van der Waals surface area contributed by atoms with Gasteiger partial charge in [-0.05, 0) is 31.4 Å². The standard InChI is InChI=1S/C10H24N2O2S2/c1-4-11-7-9-16(13,14)12-10(3)6-8-15-5-2/h10-12H,4-9H2,1-3H3. The van der Waals surface area contributed by atoms with Crippen LogP contribution in [0.3, 0.4) is 0 Å². The fourth-order valence-corrected chi connectivity index (χ4v) is 3.28. The summed E-state index contributed by atoms with van der Waals surface area (Å²) in [5, 5.41) is 3.01. The van der Waals surface area contributed by atoms with Crippen LogP contribution in [-0.2, 0) is 10.0 Å². The Balaban J connectivity index is 3.77. The molecule has 6 heteroatoms. The molecule has 1 unspecified atom stereocenters. The normalized spacial score (nSPS) is 13.9. The summed E-state index contributed by atoms with van der Waals surface area (Å²) in [7, 11) is -3.11. The number of sulfonamides is 1. The van der Waals surface area contributed by atoms with Crippen LogP contribution in [0.1, 0.15) is 27.2 Å². The van der Waals surface area contributed by atoms with Crippen molar-refractivity contribution in [2.45, 2.75) is 33.2 Å². The van der Waals surface area contributed by atoms with Crippen LogP contribution in [0.4, 0.5) is 0 Å². The second kappa shape index (κ2) is 9.27. The van der Waals surface area contributed by atoms with E-state index in [1.807, 2.05) is 25.6 Å². The van der Waals surface area contributed by atoms with Gasteiger partial charge in [0.2, 0.25) is 10.0 Å². The predicted octanol–water partition coefficient (Wildman–Crippen LogP) is 1.05. The minimum atomic E-state index is -3.11. The van der Waals surface area contributed by atoms with Gasteiger partial charge in [0.15, 0.2) is 0 Å². The SMILES string of the molecule is CCNCCS(=O)(=O)NC(C)CCSCC. The molecule has 0 saturated heterocycles. The molecule has 98 valence electrons. The maximum Gasteiger partial charge on any atom is 0.213 e. The largest absolute Gasteiger partial charge is 0.316 e. The Morgan fingerprint density at radius 3 is 2.56 bits per heavy atom. The molecule has 0 amide bonds. The first kappa shape index (κ1) is 16.2. The third-order valence-electron chi connectivity index (χ3n) is 2.08. The lowest BCUT2D eigenvalue weighted by atomic mass is 10.3. The molecule has 0 aliphatic carbocycles. The van der Waals surface area contributed by atoms with Gasteiger partial charge in [0.1, 0.15) is 0 Å². The van der Waals surface area contributed by atoms with E-state index in [-0.39, 0.29) is 11.8 Å². The molecule has 0 spiro atoms. The van der Waals surface area contributed by atoms with Crippen LogP contribution in [0.5, 0.6) is 0 Å². The highest BCUT2D eigenvalue weighted by Gasteiger charge is 2.13. The average Bonchev–Trinajstić information content (AvgIpc) is 2.17. The van der Waals surface area contributed by atoms with Gasteiger partial charge in [-0.1, -0.05) is 13.8 Å². The second-order valence-electron chi connectivity index (χ2n) is 3.68. The zero-order chi connectivity index (χ0) is 12.4. The van der Waals surface area contributed by atoms with E-state index in [9.17, 15) is 8.42 Å². The summed E-state index contributed by atoms with van der Waals surface area (Å²) in [4.78, 5) is 0. The van der Waals surface area contributed by atoms with E-state index in [1.54, 1.807) is 0 Å². The molecular formula is C10H24N2O2S2. The van der Waals surface area contributed by atoms with E-state index in [0.29, 0.717) is 6.54 Å². The topological polar surface area (TPSA) is 58.2 Å². The fraction of sp³-hybridized carbons (Fsp3) is 1.00. The van der Waals surface area contributed by atoms with Crippen molar-refractivity contribution in [2.24, 2.45) is 0 Å². The van der Waals surface area contributed by atoms with E-state index < -0.39 is 10.0 Å². The fourth-order valence-electron chi connectivity index (χ4n) is 1.21. The lowest BCUT2D eigenvalue weighted by Crippen LogP contribution is -2.37. The van der Waals surface area contributed by atoms with Gasteiger partial charge in [-0.15, -0.1) is 0 Å². The summed E-state index contributed by atoms with van der Waals surface area (Å²) in [6, 6.07) is 0.0330. The molecule has 0 radical (unpaired) electrons. The molecule has 0 fully saturated rings. The second-order valence-corrected chi connectivity index (χ2v) is 6.94. The molecule has 0 aliphatic rings. The van der Waals surface area contributed by atoms with Crippen molar-refractivity contribution in [3.05, 3.63) is 0 Å². The molecule has 2 N–H and O–H groups in total. The van der Waals surface area contributed by atoms with Crippen LogP contribution >= 0.6 is 11.8 Å². The summed E-state index contributed by atoms with van der Waals surface area (Å²) in [5.41, 5.74) is 0. The van der Waals surface area contributed by atoms with Crippen molar-refractivity contribution < 1.29 is 8.42 Å². The van der Waals surface area contributed by atoms with E-state index in [2.05, 4.69) is 17.0 Å². The first-order valence-corrected chi connectivity index (χ1v) is 8.61. The van der Waals surface area contributed by atoms with Gasteiger partial charge >= 0.3 is 0 Å². The Kier molecular flexibility index (Phi) is 9.40. The molecule has 0 aromatic carbocycles. The molecule has 0 aromatic rings. The van der Waals surface area contributed by atoms with Gasteiger partial charge in [-0.3, -0.25) is 0 Å². The molecular weight excluding hydrogens is 244 g/mol. The van der Waals surface area contributed by atoms with Gasteiger partial charge in [-0.2, -0.15) is 11.8 Å². The van der Waals surface area contributed by atoms with Crippen molar-refractivity contribution in [1.29, 1.82) is 0 Å². The monoisotopic (exact) mass is 268 g/mol. The van der Waals surface area contributed by atoms with Crippen LogP contribution in [0, 0.1) is 0 Å². The Morgan fingerprint density at radius 1 is 1.31 bits per heavy atom. The van der Waals surface area contributed by atoms with E-state index >= 15 is 0 Å². The Hall–Kier alpha value is 0.220. The van der Waals surface area contributed by atoms with Gasteiger partial charge in [0.05, 0.1) is 5.75 Å². The number of hydrogen-bond acceptors (Lipinski definition) is 4. The molecule has 4 nitrogen and oxygen atoms in total. The minimum Gasteiger partial charge on any atom is -0.316 e. The zero-order valence-electron chi connectivity index (χ0n) is 10.5. The number of nitrogens with one attached hydrogen (secondary N) is 2. The highest BCUT2D eigenvalue weighted by Crippen LogP contribution is 2.04. The highest BCUT2D eigenvalue weighted by atomic mass is 32.2. The first-order chi connectivity index (χ1) is 7.52. The Morgan fingerprint density at radius 2 is 2.00 bits per heavy atom. The van der Waals surface area contributed by atoms with Gasteiger partial charge < -0.3 is 5.32 Å². The molecule has 0 aromatic heterocycles.